The quantitative estimate of drug-likeness (QED) is 0.462. The first-order chi connectivity index (χ1) is 12.3. The summed E-state index contributed by atoms with van der Waals surface area (Å²) in [5.41, 5.74) is 3.85. The molecule has 3 heterocycles. The van der Waals surface area contributed by atoms with Crippen LogP contribution in [0.3, 0.4) is 0 Å². The van der Waals surface area contributed by atoms with Gasteiger partial charge in [0.2, 0.25) is 0 Å². The largest absolute Gasteiger partial charge is 0.265 e. The molecular formula is C22H35N3S2. The minimum absolute atomic E-state index is 0.230. The van der Waals surface area contributed by atoms with E-state index in [1.54, 1.807) is 22.7 Å². The fourth-order valence-electron chi connectivity index (χ4n) is 2.05. The molecule has 0 radical (unpaired) electrons. The zero-order valence-electron chi connectivity index (χ0n) is 18.3. The Hall–Kier alpha value is -1.33. The minimum atomic E-state index is 0.230. The summed E-state index contributed by atoms with van der Waals surface area (Å²) in [5, 5.41) is 3.23. The average Bonchev–Trinajstić information content (AvgIpc) is 3.28. The summed E-state index contributed by atoms with van der Waals surface area (Å²) in [5.74, 6) is 0. The van der Waals surface area contributed by atoms with Crippen molar-refractivity contribution < 1.29 is 0 Å². The molecule has 1 aliphatic heterocycles. The molecule has 2 aromatic heterocycles. The molecule has 0 aliphatic carbocycles. The first-order valence-corrected chi connectivity index (χ1v) is 11.1. The van der Waals surface area contributed by atoms with E-state index in [-0.39, 0.29) is 16.2 Å². The lowest BCUT2D eigenvalue weighted by atomic mass is 9.92. The molecule has 0 fully saturated rings. The number of nitrogens with zero attached hydrogens (tertiary/aromatic N) is 3. The molecule has 0 unspecified atom stereocenters. The van der Waals surface area contributed by atoms with Gasteiger partial charge in [0, 0.05) is 51.8 Å². The van der Waals surface area contributed by atoms with Crippen LogP contribution in [0.15, 0.2) is 40.0 Å². The van der Waals surface area contributed by atoms with Gasteiger partial charge in [-0.2, -0.15) is 0 Å². The molecule has 2 aromatic rings. The number of aliphatic imine (C=N–C) groups is 1. The molecule has 0 bridgehead atoms. The lowest BCUT2D eigenvalue weighted by Crippen LogP contribution is -2.09. The summed E-state index contributed by atoms with van der Waals surface area (Å²) in [4.78, 5) is 13.8. The highest BCUT2D eigenvalue weighted by molar-refractivity contribution is 7.10. The lowest BCUT2D eigenvalue weighted by molar-refractivity contribution is 0.500. The second kappa shape index (κ2) is 9.74. The maximum Gasteiger partial charge on any atom is 0.0978 e. The number of hydrogen-bond acceptors (Lipinski definition) is 5. The van der Waals surface area contributed by atoms with Crippen LogP contribution in [0.1, 0.15) is 78.6 Å². The highest BCUT2D eigenvalue weighted by atomic mass is 32.1. The van der Waals surface area contributed by atoms with E-state index in [0.717, 1.165) is 6.42 Å². The van der Waals surface area contributed by atoms with Crippen molar-refractivity contribution in [3.63, 3.8) is 0 Å². The maximum atomic E-state index is 4.24. The van der Waals surface area contributed by atoms with Crippen LogP contribution < -0.4 is 0 Å². The molecule has 5 heteroatoms. The molecule has 0 atom stereocenters. The van der Waals surface area contributed by atoms with Gasteiger partial charge in [0.1, 0.15) is 0 Å². The van der Waals surface area contributed by atoms with E-state index in [4.69, 9.17) is 0 Å². The van der Waals surface area contributed by atoms with Crippen molar-refractivity contribution in [1.29, 1.82) is 0 Å². The van der Waals surface area contributed by atoms with E-state index in [1.807, 2.05) is 29.5 Å². The highest BCUT2D eigenvalue weighted by Crippen LogP contribution is 2.28. The minimum Gasteiger partial charge on any atom is -0.265 e. The predicted molar refractivity (Wildman–Crippen MR) is 122 cm³/mol. The number of allylic oxidation sites excluding steroid dienone is 2. The molecule has 27 heavy (non-hydrogen) atoms. The molecule has 0 N–H and O–H groups in total. The summed E-state index contributed by atoms with van der Waals surface area (Å²) in [6.45, 7) is 19.6. The maximum absolute atomic E-state index is 4.24. The summed E-state index contributed by atoms with van der Waals surface area (Å²) >= 11 is 3.44. The number of aromatic nitrogens is 2. The van der Waals surface area contributed by atoms with Crippen LogP contribution in [0.4, 0.5) is 0 Å². The zero-order valence-corrected chi connectivity index (χ0v) is 20.0. The Kier molecular flexibility index (Phi) is 8.55. The van der Waals surface area contributed by atoms with Crippen LogP contribution >= 0.6 is 22.7 Å². The van der Waals surface area contributed by atoms with Crippen LogP contribution in [-0.2, 0) is 10.8 Å². The third-order valence-electron chi connectivity index (χ3n) is 3.66. The van der Waals surface area contributed by atoms with E-state index >= 15 is 0 Å². The SMILES string of the molecule is CC(C)(C)C1=CCC=N1.CC(C)(C)c1cncs1.CC(C)(C)c1nccs1. The van der Waals surface area contributed by atoms with E-state index in [1.165, 1.54) is 15.6 Å². The van der Waals surface area contributed by atoms with Gasteiger partial charge in [-0.25, -0.2) is 4.98 Å². The summed E-state index contributed by atoms with van der Waals surface area (Å²) < 4.78 is 0. The van der Waals surface area contributed by atoms with E-state index in [2.05, 4.69) is 83.4 Å². The molecule has 1 aliphatic rings. The Labute approximate surface area is 173 Å². The molecule has 3 nitrogen and oxygen atoms in total. The number of rotatable bonds is 0. The first kappa shape index (κ1) is 23.7. The van der Waals surface area contributed by atoms with Gasteiger partial charge in [-0.1, -0.05) is 68.4 Å². The second-order valence-corrected chi connectivity index (χ2v) is 11.4. The summed E-state index contributed by atoms with van der Waals surface area (Å²) in [7, 11) is 0. The van der Waals surface area contributed by atoms with Crippen LogP contribution in [0.5, 0.6) is 0 Å². The molecule has 0 saturated carbocycles. The Morgan fingerprint density at radius 1 is 0.852 bits per heavy atom. The van der Waals surface area contributed by atoms with Crippen molar-refractivity contribution in [2.75, 3.05) is 0 Å². The van der Waals surface area contributed by atoms with Gasteiger partial charge in [-0.3, -0.25) is 9.98 Å². The Balaban J connectivity index is 0.000000202. The summed E-state index contributed by atoms with van der Waals surface area (Å²) in [6.07, 6.45) is 8.95. The highest BCUT2D eigenvalue weighted by Gasteiger charge is 2.17. The predicted octanol–water partition coefficient (Wildman–Crippen LogP) is 7.27. The van der Waals surface area contributed by atoms with Gasteiger partial charge in [0.25, 0.3) is 0 Å². The fraction of sp³-hybridized carbons (Fsp3) is 0.591. The second-order valence-electron chi connectivity index (χ2n) is 9.59. The normalized spacial score (nSPS) is 14.0. The van der Waals surface area contributed by atoms with E-state index in [0.29, 0.717) is 0 Å². The molecule has 0 amide bonds. The number of thiazole rings is 2. The molecule has 0 aromatic carbocycles. The van der Waals surface area contributed by atoms with Crippen molar-refractivity contribution in [1.82, 2.24) is 9.97 Å². The fourth-order valence-corrected chi connectivity index (χ4v) is 3.48. The third-order valence-corrected chi connectivity index (χ3v) is 6.06. The van der Waals surface area contributed by atoms with Crippen molar-refractivity contribution in [2.45, 2.75) is 79.6 Å². The monoisotopic (exact) mass is 405 g/mol. The molecule has 0 saturated heterocycles. The van der Waals surface area contributed by atoms with Gasteiger partial charge >= 0.3 is 0 Å². The topological polar surface area (TPSA) is 38.1 Å². The number of hydrogen-bond donors (Lipinski definition) is 0. The van der Waals surface area contributed by atoms with Crippen LogP contribution in [-0.4, -0.2) is 16.2 Å². The van der Waals surface area contributed by atoms with Crippen LogP contribution in [0, 0.1) is 5.41 Å². The Bertz CT molecular complexity index is 661. The smallest absolute Gasteiger partial charge is 0.0978 e. The standard InChI is InChI=1S/C8H13N.2C7H11NS/c1-8(2,3)7-5-4-6-9-7;1-7(2,3)6-4-8-5-9-6;1-7(2,3)6-8-4-5-9-6/h5-6H,4H2,1-3H3;2*4-5H,1-3H3. The first-order valence-electron chi connectivity index (χ1n) is 9.34. The van der Waals surface area contributed by atoms with Crippen LogP contribution in [0.2, 0.25) is 0 Å². The molecule has 3 rings (SSSR count). The van der Waals surface area contributed by atoms with Gasteiger partial charge in [-0.05, 0) is 5.41 Å². The average molecular weight is 406 g/mol. The van der Waals surface area contributed by atoms with E-state index in [9.17, 15) is 0 Å². The molecular weight excluding hydrogens is 370 g/mol. The zero-order chi connectivity index (χ0) is 20.7. The molecule has 0 spiro atoms. The Morgan fingerprint density at radius 3 is 1.74 bits per heavy atom. The van der Waals surface area contributed by atoms with Gasteiger partial charge in [-0.15, -0.1) is 22.7 Å². The van der Waals surface area contributed by atoms with Crippen molar-refractivity contribution >= 4 is 28.9 Å². The van der Waals surface area contributed by atoms with Crippen molar-refractivity contribution in [3.8, 4) is 0 Å². The van der Waals surface area contributed by atoms with E-state index < -0.39 is 0 Å². The van der Waals surface area contributed by atoms with Crippen LogP contribution in [0.25, 0.3) is 0 Å². The van der Waals surface area contributed by atoms with Gasteiger partial charge in [0.15, 0.2) is 0 Å². The lowest BCUT2D eigenvalue weighted by Gasteiger charge is -2.16. The summed E-state index contributed by atoms with van der Waals surface area (Å²) in [6, 6.07) is 0. The Morgan fingerprint density at radius 2 is 1.52 bits per heavy atom. The van der Waals surface area contributed by atoms with Crippen molar-refractivity contribution in [3.05, 3.63) is 44.9 Å². The third kappa shape index (κ3) is 8.93. The van der Waals surface area contributed by atoms with Gasteiger partial charge < -0.3 is 0 Å². The van der Waals surface area contributed by atoms with Crippen molar-refractivity contribution in [2.24, 2.45) is 10.4 Å². The van der Waals surface area contributed by atoms with Gasteiger partial charge in [0.05, 0.1) is 10.5 Å². The molecule has 150 valence electrons.